The summed E-state index contributed by atoms with van der Waals surface area (Å²) in [5, 5.41) is 13.8. The van der Waals surface area contributed by atoms with E-state index >= 15 is 0 Å². The zero-order valence-corrected chi connectivity index (χ0v) is 14.3. The summed E-state index contributed by atoms with van der Waals surface area (Å²) in [7, 11) is 0. The number of hydrogen-bond acceptors (Lipinski definition) is 4. The van der Waals surface area contributed by atoms with Gasteiger partial charge < -0.3 is 15.7 Å². The molecule has 4 amide bonds. The van der Waals surface area contributed by atoms with Gasteiger partial charge in [-0.15, -0.1) is 0 Å². The van der Waals surface area contributed by atoms with Crippen LogP contribution in [0.3, 0.4) is 0 Å². The Morgan fingerprint density at radius 2 is 2.00 bits per heavy atom. The standard InChI is InChI=1S/C16H25N3O5/c1-10-6-15(2,3)9-16(7-10)13(23)19(14(24)18-16)8-11(20)17-5-4-12(21)22/h10H,4-9H2,1-3H3,(H,17,20)(H,18,24)(H,21,22). The molecule has 0 aromatic carbocycles. The Labute approximate surface area is 141 Å². The van der Waals surface area contributed by atoms with Crippen LogP contribution in [0.2, 0.25) is 0 Å². The fourth-order valence-corrected chi connectivity index (χ4v) is 4.16. The Bertz CT molecular complexity index is 574. The van der Waals surface area contributed by atoms with Crippen molar-refractivity contribution in [3.8, 4) is 0 Å². The monoisotopic (exact) mass is 339 g/mol. The van der Waals surface area contributed by atoms with Gasteiger partial charge in [0, 0.05) is 6.54 Å². The number of carbonyl (C=O) groups is 4. The first kappa shape index (κ1) is 18.2. The van der Waals surface area contributed by atoms with Crippen LogP contribution in [0.15, 0.2) is 0 Å². The number of nitrogens with zero attached hydrogens (tertiary/aromatic N) is 1. The molecule has 1 aliphatic carbocycles. The molecule has 1 saturated carbocycles. The maximum atomic E-state index is 12.8. The van der Waals surface area contributed by atoms with E-state index in [1.54, 1.807) is 0 Å². The van der Waals surface area contributed by atoms with Crippen LogP contribution >= 0.6 is 0 Å². The highest BCUT2D eigenvalue weighted by molar-refractivity contribution is 6.09. The number of carbonyl (C=O) groups excluding carboxylic acids is 3. The first-order valence-corrected chi connectivity index (χ1v) is 8.17. The second-order valence-corrected chi connectivity index (χ2v) is 7.75. The van der Waals surface area contributed by atoms with Crippen LogP contribution in [0.1, 0.15) is 46.5 Å². The second-order valence-electron chi connectivity index (χ2n) is 7.75. The molecule has 24 heavy (non-hydrogen) atoms. The molecule has 1 aliphatic heterocycles. The number of urea groups is 1. The number of nitrogens with one attached hydrogen (secondary N) is 2. The number of amides is 4. The lowest BCUT2D eigenvalue weighted by molar-refractivity contribution is -0.138. The fraction of sp³-hybridized carbons (Fsp3) is 0.750. The van der Waals surface area contributed by atoms with Crippen molar-refractivity contribution in [2.45, 2.75) is 52.0 Å². The van der Waals surface area contributed by atoms with Crippen molar-refractivity contribution in [3.63, 3.8) is 0 Å². The van der Waals surface area contributed by atoms with Gasteiger partial charge in [0.05, 0.1) is 6.42 Å². The van der Waals surface area contributed by atoms with Crippen molar-refractivity contribution < 1.29 is 24.3 Å². The van der Waals surface area contributed by atoms with E-state index in [4.69, 9.17) is 5.11 Å². The lowest BCUT2D eigenvalue weighted by atomic mass is 9.64. The fourth-order valence-electron chi connectivity index (χ4n) is 4.16. The van der Waals surface area contributed by atoms with Crippen LogP contribution in [-0.2, 0) is 14.4 Å². The second kappa shape index (κ2) is 6.41. The van der Waals surface area contributed by atoms with Crippen molar-refractivity contribution >= 4 is 23.8 Å². The zero-order chi connectivity index (χ0) is 18.1. The predicted molar refractivity (Wildman–Crippen MR) is 85.0 cm³/mol. The Balaban J connectivity index is 2.03. The molecule has 2 aliphatic rings. The third kappa shape index (κ3) is 3.85. The molecule has 0 aromatic rings. The molecule has 1 spiro atoms. The van der Waals surface area contributed by atoms with Crippen LogP contribution in [0, 0.1) is 11.3 Å². The average Bonchev–Trinajstić information content (AvgIpc) is 2.60. The SMILES string of the molecule is CC1CC(C)(C)CC2(C1)NC(=O)N(CC(=O)NCCC(=O)O)C2=O. The zero-order valence-electron chi connectivity index (χ0n) is 14.3. The van der Waals surface area contributed by atoms with Gasteiger partial charge in [-0.25, -0.2) is 4.79 Å². The van der Waals surface area contributed by atoms with Crippen LogP contribution in [0.4, 0.5) is 4.79 Å². The molecular formula is C16H25N3O5. The molecule has 2 rings (SSSR count). The largest absolute Gasteiger partial charge is 0.481 e. The van der Waals surface area contributed by atoms with Gasteiger partial charge in [0.15, 0.2) is 0 Å². The first-order valence-electron chi connectivity index (χ1n) is 8.17. The van der Waals surface area contributed by atoms with E-state index in [0.717, 1.165) is 11.3 Å². The Hall–Kier alpha value is -2.12. The summed E-state index contributed by atoms with van der Waals surface area (Å²) in [5.41, 5.74) is -1.00. The maximum absolute atomic E-state index is 12.8. The van der Waals surface area contributed by atoms with E-state index in [1.165, 1.54) is 0 Å². The molecule has 2 fully saturated rings. The van der Waals surface area contributed by atoms with E-state index in [9.17, 15) is 19.2 Å². The minimum absolute atomic E-state index is 0.0347. The van der Waals surface area contributed by atoms with Gasteiger partial charge in [0.25, 0.3) is 5.91 Å². The van der Waals surface area contributed by atoms with Gasteiger partial charge in [-0.3, -0.25) is 19.3 Å². The smallest absolute Gasteiger partial charge is 0.325 e. The van der Waals surface area contributed by atoms with Crippen LogP contribution in [-0.4, -0.2) is 52.4 Å². The highest BCUT2D eigenvalue weighted by atomic mass is 16.4. The highest BCUT2D eigenvalue weighted by Crippen LogP contribution is 2.46. The molecule has 0 bridgehead atoms. The van der Waals surface area contributed by atoms with Crippen LogP contribution in [0.5, 0.6) is 0 Å². The summed E-state index contributed by atoms with van der Waals surface area (Å²) >= 11 is 0. The molecular weight excluding hydrogens is 314 g/mol. The minimum Gasteiger partial charge on any atom is -0.481 e. The predicted octanol–water partition coefficient (Wildman–Crippen LogP) is 0.714. The number of imide groups is 1. The Morgan fingerprint density at radius 3 is 2.58 bits per heavy atom. The van der Waals surface area contributed by atoms with Gasteiger partial charge in [-0.1, -0.05) is 20.8 Å². The lowest BCUT2D eigenvalue weighted by Crippen LogP contribution is -2.54. The first-order chi connectivity index (χ1) is 11.0. The molecule has 134 valence electrons. The summed E-state index contributed by atoms with van der Waals surface area (Å²) in [6, 6.07) is -0.557. The van der Waals surface area contributed by atoms with E-state index in [0.29, 0.717) is 18.8 Å². The maximum Gasteiger partial charge on any atom is 0.325 e. The molecule has 3 N–H and O–H groups in total. The van der Waals surface area contributed by atoms with E-state index in [2.05, 4.69) is 31.4 Å². The number of carboxylic acids is 1. The van der Waals surface area contributed by atoms with Crippen molar-refractivity contribution in [3.05, 3.63) is 0 Å². The summed E-state index contributed by atoms with van der Waals surface area (Å²) in [6.45, 7) is 5.79. The van der Waals surface area contributed by atoms with E-state index < -0.39 is 23.4 Å². The van der Waals surface area contributed by atoms with Crippen molar-refractivity contribution in [1.29, 1.82) is 0 Å². The molecule has 1 heterocycles. The quantitative estimate of drug-likeness (QED) is 0.638. The molecule has 0 radical (unpaired) electrons. The molecule has 1 saturated heterocycles. The third-order valence-corrected chi connectivity index (χ3v) is 4.59. The van der Waals surface area contributed by atoms with Gasteiger partial charge in [0.2, 0.25) is 5.91 Å². The van der Waals surface area contributed by atoms with Gasteiger partial charge in [0.1, 0.15) is 12.1 Å². The summed E-state index contributed by atoms with van der Waals surface area (Å²) < 4.78 is 0. The van der Waals surface area contributed by atoms with Crippen LogP contribution < -0.4 is 10.6 Å². The van der Waals surface area contributed by atoms with E-state index in [-0.39, 0.29) is 30.8 Å². The van der Waals surface area contributed by atoms with Gasteiger partial charge in [-0.2, -0.15) is 0 Å². The number of carboxylic acid groups (broad SMARTS) is 1. The minimum atomic E-state index is -1.03. The number of rotatable bonds is 5. The number of hydrogen-bond donors (Lipinski definition) is 3. The molecule has 8 nitrogen and oxygen atoms in total. The number of aliphatic carboxylic acids is 1. The highest BCUT2D eigenvalue weighted by Gasteiger charge is 2.56. The molecule has 2 unspecified atom stereocenters. The van der Waals surface area contributed by atoms with Gasteiger partial charge in [-0.05, 0) is 30.6 Å². The summed E-state index contributed by atoms with van der Waals surface area (Å²) in [4.78, 5) is 48.3. The van der Waals surface area contributed by atoms with Crippen molar-refractivity contribution in [2.24, 2.45) is 11.3 Å². The topological polar surface area (TPSA) is 116 Å². The third-order valence-electron chi connectivity index (χ3n) is 4.59. The molecule has 8 heteroatoms. The Morgan fingerprint density at radius 1 is 1.33 bits per heavy atom. The molecule has 0 aromatic heterocycles. The van der Waals surface area contributed by atoms with Crippen LogP contribution in [0.25, 0.3) is 0 Å². The average molecular weight is 339 g/mol. The van der Waals surface area contributed by atoms with Gasteiger partial charge >= 0.3 is 12.0 Å². The summed E-state index contributed by atoms with van der Waals surface area (Å²) in [5.74, 6) is -1.63. The Kier molecular flexibility index (Phi) is 4.87. The lowest BCUT2D eigenvalue weighted by Gasteiger charge is -2.43. The van der Waals surface area contributed by atoms with Crippen molar-refractivity contribution in [1.82, 2.24) is 15.5 Å². The molecule has 2 atom stereocenters. The summed E-state index contributed by atoms with van der Waals surface area (Å²) in [6.07, 6.45) is 1.89. The normalized spacial score (nSPS) is 28.8. The van der Waals surface area contributed by atoms with E-state index in [1.807, 2.05) is 0 Å². The van der Waals surface area contributed by atoms with Crippen molar-refractivity contribution in [2.75, 3.05) is 13.1 Å².